The van der Waals surface area contributed by atoms with Crippen LogP contribution >= 0.6 is 0 Å². The molecule has 0 aliphatic heterocycles. The van der Waals surface area contributed by atoms with Crippen molar-refractivity contribution in [1.29, 1.82) is 0 Å². The molecule has 0 aliphatic carbocycles. The minimum Gasteiger partial charge on any atom is -0.357 e. The third kappa shape index (κ3) is 6.99. The highest BCUT2D eigenvalue weighted by Crippen LogP contribution is 2.12. The van der Waals surface area contributed by atoms with Crippen molar-refractivity contribution >= 4 is 17.6 Å². The van der Waals surface area contributed by atoms with Gasteiger partial charge in [-0.15, -0.1) is 0 Å². The van der Waals surface area contributed by atoms with E-state index in [0.717, 1.165) is 17.7 Å². The van der Waals surface area contributed by atoms with Crippen molar-refractivity contribution in [3.63, 3.8) is 0 Å². The van der Waals surface area contributed by atoms with Crippen LogP contribution in [0.1, 0.15) is 30.5 Å². The molecule has 0 fully saturated rings. The first-order valence-corrected chi connectivity index (χ1v) is 10.6. The fraction of sp³-hybridized carbons (Fsp3) is 0.292. The van der Waals surface area contributed by atoms with Crippen LogP contribution < -0.4 is 16.0 Å². The van der Waals surface area contributed by atoms with E-state index in [9.17, 15) is 4.79 Å². The van der Waals surface area contributed by atoms with Gasteiger partial charge in [0.25, 0.3) is 0 Å². The number of guanidine groups is 1. The number of anilines is 1. The zero-order valence-corrected chi connectivity index (χ0v) is 18.1. The molecular formula is C24H30N6O. The number of aliphatic imine (C=N–C) groups is 1. The summed E-state index contributed by atoms with van der Waals surface area (Å²) in [6, 6.07) is 18.0. The topological polar surface area (TPSA) is 83.3 Å². The lowest BCUT2D eigenvalue weighted by Crippen LogP contribution is -2.41. The molecule has 0 saturated carbocycles. The molecule has 1 amide bonds. The van der Waals surface area contributed by atoms with Gasteiger partial charge in [0.05, 0.1) is 19.6 Å². The molecule has 0 spiro atoms. The molecule has 1 heterocycles. The van der Waals surface area contributed by atoms with Crippen molar-refractivity contribution in [1.82, 2.24) is 20.4 Å². The van der Waals surface area contributed by atoms with E-state index in [4.69, 9.17) is 0 Å². The van der Waals surface area contributed by atoms with E-state index in [1.807, 2.05) is 60.3 Å². The van der Waals surface area contributed by atoms with Gasteiger partial charge < -0.3 is 16.0 Å². The van der Waals surface area contributed by atoms with E-state index in [0.29, 0.717) is 25.6 Å². The van der Waals surface area contributed by atoms with Crippen LogP contribution in [-0.2, 0) is 24.3 Å². The van der Waals surface area contributed by atoms with Gasteiger partial charge in [-0.05, 0) is 48.2 Å². The summed E-state index contributed by atoms with van der Waals surface area (Å²) in [6.07, 6.45) is 4.65. The summed E-state index contributed by atoms with van der Waals surface area (Å²) in [6.45, 7) is 6.14. The smallest absolute Gasteiger partial charge is 0.243 e. The summed E-state index contributed by atoms with van der Waals surface area (Å²) in [4.78, 5) is 17.0. The van der Waals surface area contributed by atoms with Crippen LogP contribution in [0.5, 0.6) is 0 Å². The van der Waals surface area contributed by atoms with Gasteiger partial charge in [0.15, 0.2) is 5.96 Å². The highest BCUT2D eigenvalue weighted by Gasteiger charge is 2.07. The summed E-state index contributed by atoms with van der Waals surface area (Å²) in [5.41, 5.74) is 4.28. The van der Waals surface area contributed by atoms with Crippen LogP contribution in [0.15, 0.2) is 72.0 Å². The number of hydrogen-bond acceptors (Lipinski definition) is 3. The lowest BCUT2D eigenvalue weighted by Gasteiger charge is -2.13. The van der Waals surface area contributed by atoms with Gasteiger partial charge in [0.1, 0.15) is 0 Å². The second-order valence-corrected chi connectivity index (χ2v) is 7.12. The molecule has 0 saturated heterocycles. The van der Waals surface area contributed by atoms with Crippen molar-refractivity contribution in [2.24, 2.45) is 4.99 Å². The molecule has 0 atom stereocenters. The molecule has 3 aromatic rings. The molecule has 31 heavy (non-hydrogen) atoms. The minimum absolute atomic E-state index is 0.113. The number of aryl methyl sites for hydroxylation is 1. The van der Waals surface area contributed by atoms with Gasteiger partial charge in [-0.25, -0.2) is 4.99 Å². The van der Waals surface area contributed by atoms with E-state index >= 15 is 0 Å². The van der Waals surface area contributed by atoms with Gasteiger partial charge in [0.2, 0.25) is 5.91 Å². The van der Waals surface area contributed by atoms with E-state index < -0.39 is 0 Å². The summed E-state index contributed by atoms with van der Waals surface area (Å²) in [7, 11) is 0. The predicted molar refractivity (Wildman–Crippen MR) is 125 cm³/mol. The Kier molecular flexibility index (Phi) is 8.22. The Hall–Kier alpha value is -3.61. The molecule has 7 nitrogen and oxygen atoms in total. The number of nitrogens with zero attached hydrogens (tertiary/aromatic N) is 3. The predicted octanol–water partition coefficient (Wildman–Crippen LogP) is 3.19. The highest BCUT2D eigenvalue weighted by molar-refractivity contribution is 5.95. The number of carbonyl (C=O) groups excluding carboxylic acids is 1. The Labute approximate surface area is 183 Å². The van der Waals surface area contributed by atoms with Crippen molar-refractivity contribution in [3.8, 4) is 0 Å². The lowest BCUT2D eigenvalue weighted by atomic mass is 10.1. The Bertz CT molecular complexity index is 997. The minimum atomic E-state index is -0.113. The fourth-order valence-corrected chi connectivity index (χ4v) is 3.18. The lowest BCUT2D eigenvalue weighted by molar-refractivity contribution is -0.115. The van der Waals surface area contributed by atoms with Crippen molar-refractivity contribution in [2.45, 2.75) is 33.4 Å². The van der Waals surface area contributed by atoms with Crippen LogP contribution in [-0.4, -0.2) is 34.7 Å². The summed E-state index contributed by atoms with van der Waals surface area (Å²) < 4.78 is 1.89. The van der Waals surface area contributed by atoms with Gasteiger partial charge in [-0.3, -0.25) is 9.48 Å². The number of aromatic nitrogens is 2. The SMILES string of the molecule is CCNC(=NCc1ccccc1Cn1cccn1)NCC(=O)Nc1cccc(CC)c1. The molecule has 0 bridgehead atoms. The monoisotopic (exact) mass is 418 g/mol. The molecular weight excluding hydrogens is 388 g/mol. The Morgan fingerprint density at radius 3 is 2.61 bits per heavy atom. The molecule has 3 rings (SSSR count). The van der Waals surface area contributed by atoms with Gasteiger partial charge in [-0.1, -0.05) is 43.3 Å². The maximum atomic E-state index is 12.4. The molecule has 0 radical (unpaired) electrons. The van der Waals surface area contributed by atoms with Crippen molar-refractivity contribution in [2.75, 3.05) is 18.4 Å². The molecule has 7 heteroatoms. The summed E-state index contributed by atoms with van der Waals surface area (Å²) >= 11 is 0. The molecule has 1 aromatic heterocycles. The molecule has 0 aliphatic rings. The quantitative estimate of drug-likeness (QED) is 0.368. The summed E-state index contributed by atoms with van der Waals surface area (Å²) in [5, 5.41) is 13.5. The zero-order chi connectivity index (χ0) is 21.9. The van der Waals surface area contributed by atoms with Gasteiger partial charge in [0, 0.05) is 24.6 Å². The van der Waals surface area contributed by atoms with Crippen molar-refractivity contribution in [3.05, 3.63) is 83.7 Å². The van der Waals surface area contributed by atoms with Crippen molar-refractivity contribution < 1.29 is 4.79 Å². The maximum absolute atomic E-state index is 12.4. The third-order valence-electron chi connectivity index (χ3n) is 4.80. The first-order valence-electron chi connectivity index (χ1n) is 10.6. The number of benzene rings is 2. The highest BCUT2D eigenvalue weighted by atomic mass is 16.1. The van der Waals surface area contributed by atoms with Gasteiger partial charge >= 0.3 is 0 Å². The maximum Gasteiger partial charge on any atom is 0.243 e. The summed E-state index contributed by atoms with van der Waals surface area (Å²) in [5.74, 6) is 0.492. The standard InChI is InChI=1S/C24H30N6O/c1-3-19-9-7-12-22(15-19)29-23(31)17-27-24(25-4-2)26-16-20-10-5-6-11-21(20)18-30-14-8-13-28-30/h5-15H,3-4,16-18H2,1-2H3,(H,29,31)(H2,25,26,27). The molecule has 3 N–H and O–H groups in total. The second-order valence-electron chi connectivity index (χ2n) is 7.12. The van der Waals surface area contributed by atoms with Crippen LogP contribution in [0.3, 0.4) is 0 Å². The van der Waals surface area contributed by atoms with Crippen LogP contribution in [0.4, 0.5) is 5.69 Å². The van der Waals surface area contributed by atoms with E-state index in [-0.39, 0.29) is 12.5 Å². The number of nitrogens with one attached hydrogen (secondary N) is 3. The average molecular weight is 419 g/mol. The number of carbonyl (C=O) groups is 1. The van der Waals surface area contributed by atoms with E-state index in [1.165, 1.54) is 11.1 Å². The molecule has 2 aromatic carbocycles. The normalized spacial score (nSPS) is 11.2. The molecule has 162 valence electrons. The Morgan fingerprint density at radius 1 is 1.03 bits per heavy atom. The van der Waals surface area contributed by atoms with Crippen LogP contribution in [0.2, 0.25) is 0 Å². The first kappa shape index (κ1) is 22.1. The first-order chi connectivity index (χ1) is 15.2. The Morgan fingerprint density at radius 2 is 1.87 bits per heavy atom. The van der Waals surface area contributed by atoms with Gasteiger partial charge in [-0.2, -0.15) is 5.10 Å². The number of amides is 1. The Balaban J connectivity index is 1.59. The second kappa shape index (κ2) is 11.5. The number of hydrogen-bond donors (Lipinski definition) is 3. The third-order valence-corrected chi connectivity index (χ3v) is 4.80. The average Bonchev–Trinajstić information content (AvgIpc) is 3.30. The fourth-order valence-electron chi connectivity index (χ4n) is 3.18. The van der Waals surface area contributed by atoms with E-state index in [1.54, 1.807) is 6.20 Å². The van der Waals surface area contributed by atoms with Crippen LogP contribution in [0, 0.1) is 0 Å². The molecule has 0 unspecified atom stereocenters. The van der Waals surface area contributed by atoms with Crippen LogP contribution in [0.25, 0.3) is 0 Å². The largest absolute Gasteiger partial charge is 0.357 e. The van der Waals surface area contributed by atoms with E-state index in [2.05, 4.69) is 45.1 Å². The zero-order valence-electron chi connectivity index (χ0n) is 18.1. The number of rotatable bonds is 9.